The summed E-state index contributed by atoms with van der Waals surface area (Å²) in [6, 6.07) is 4.54. The molecule has 2 aromatic rings. The number of nitrogens with zero attached hydrogens (tertiary/aromatic N) is 5. The molecule has 0 radical (unpaired) electrons. The molecule has 1 aromatic heterocycles. The van der Waals surface area contributed by atoms with Gasteiger partial charge in [0.05, 0.1) is 17.5 Å². The van der Waals surface area contributed by atoms with Gasteiger partial charge < -0.3 is 15.1 Å². The largest absolute Gasteiger partial charge is 0.417 e. The van der Waals surface area contributed by atoms with Gasteiger partial charge in [-0.3, -0.25) is 9.48 Å². The molecule has 14 heteroatoms. The molecule has 3 aliphatic heterocycles. The Morgan fingerprint density at radius 3 is 2.52 bits per heavy atom. The Hall–Kier alpha value is -2.39. The van der Waals surface area contributed by atoms with Crippen LogP contribution in [0, 0.1) is 0 Å². The van der Waals surface area contributed by atoms with Gasteiger partial charge in [-0.25, -0.2) is 8.42 Å². The minimum Gasteiger partial charge on any atom is -0.340 e. The van der Waals surface area contributed by atoms with Crippen molar-refractivity contribution in [1.29, 1.82) is 0 Å². The summed E-state index contributed by atoms with van der Waals surface area (Å²) < 4.78 is 70.9. The topological polar surface area (TPSA) is 90.8 Å². The third-order valence-corrected chi connectivity index (χ3v) is 12.9. The first-order valence-electron chi connectivity index (χ1n) is 18.3. The van der Waals surface area contributed by atoms with E-state index in [0.717, 1.165) is 95.0 Å². The molecule has 4 aliphatic rings. The molecule has 1 N–H and O–H groups in total. The molecular formula is C36H51F3N6O3S2. The molecule has 0 unspecified atom stereocenters. The monoisotopic (exact) mass is 736 g/mol. The molecule has 0 saturated carbocycles. The molecule has 9 nitrogen and oxygen atoms in total. The highest BCUT2D eigenvalue weighted by atomic mass is 32.2. The van der Waals surface area contributed by atoms with E-state index >= 15 is 0 Å². The number of halogens is 3. The van der Waals surface area contributed by atoms with Crippen molar-refractivity contribution in [2.45, 2.75) is 101 Å². The Bertz CT molecular complexity index is 1640. The fraction of sp³-hybridized carbons (Fsp3) is 0.667. The second kappa shape index (κ2) is 16.5. The van der Waals surface area contributed by atoms with Gasteiger partial charge in [-0.05, 0) is 83.0 Å². The number of aromatic nitrogens is 2. The number of allylic oxidation sites excluding steroid dienone is 1. The summed E-state index contributed by atoms with van der Waals surface area (Å²) in [4.78, 5) is 16.9. The summed E-state index contributed by atoms with van der Waals surface area (Å²) in [6.45, 7) is 6.19. The second-order valence-electron chi connectivity index (χ2n) is 14.1. The molecule has 0 bridgehead atoms. The lowest BCUT2D eigenvalue weighted by molar-refractivity contribution is -0.139. The number of thioether (sulfide) groups is 1. The Morgan fingerprint density at radius 2 is 1.82 bits per heavy atom. The van der Waals surface area contributed by atoms with E-state index in [1.807, 2.05) is 4.68 Å². The van der Waals surface area contributed by atoms with Gasteiger partial charge in [0.1, 0.15) is 0 Å². The number of alkyl halides is 3. The number of benzene rings is 1. The van der Waals surface area contributed by atoms with Crippen LogP contribution in [-0.4, -0.2) is 102 Å². The van der Waals surface area contributed by atoms with Crippen LogP contribution in [0.3, 0.4) is 0 Å². The highest BCUT2D eigenvalue weighted by molar-refractivity contribution is 7.99. The van der Waals surface area contributed by atoms with Crippen LogP contribution >= 0.6 is 11.8 Å². The highest BCUT2D eigenvalue weighted by Crippen LogP contribution is 2.40. The van der Waals surface area contributed by atoms with Crippen molar-refractivity contribution in [1.82, 2.24) is 29.2 Å². The zero-order chi connectivity index (χ0) is 35.3. The number of piperidine rings is 1. The van der Waals surface area contributed by atoms with Gasteiger partial charge in [-0.15, -0.1) is 11.8 Å². The number of hydrogen-bond donors (Lipinski definition) is 1. The van der Waals surface area contributed by atoms with Crippen LogP contribution in [0.25, 0.3) is 11.3 Å². The number of carbonyl (C=O) groups is 1. The molecule has 0 atom stereocenters. The first-order chi connectivity index (χ1) is 24.0. The molecule has 2 saturated heterocycles. The standard InChI is InChI=1S/C36H51F3N6O3S2/c1-50(47,48)43-23-15-32-30(26-43)35(41-45(32)20-6-18-42-21-13-29(14-22-42)44-19-5-9-34(44)46)28-10-11-31(36(37,38)39)33(25-28)49-24-17-40-16-12-27-7-3-2-4-8-27/h7,10-11,25,29,40H,2-6,8-9,12-24,26H2,1H3. The molecule has 1 amide bonds. The van der Waals surface area contributed by atoms with Gasteiger partial charge in [-0.1, -0.05) is 17.7 Å². The van der Waals surface area contributed by atoms with E-state index in [1.54, 1.807) is 6.07 Å². The molecule has 0 spiro atoms. The molecule has 6 rings (SSSR count). The number of hydrogen-bond acceptors (Lipinski definition) is 7. The average molecular weight is 737 g/mol. The fourth-order valence-electron chi connectivity index (χ4n) is 7.88. The fourth-order valence-corrected chi connectivity index (χ4v) is 9.68. The summed E-state index contributed by atoms with van der Waals surface area (Å²) in [5.41, 5.74) is 3.66. The summed E-state index contributed by atoms with van der Waals surface area (Å²) in [5, 5.41) is 8.35. The van der Waals surface area contributed by atoms with Crippen molar-refractivity contribution in [2.75, 3.05) is 57.8 Å². The van der Waals surface area contributed by atoms with Crippen molar-refractivity contribution in [2.24, 2.45) is 0 Å². The van der Waals surface area contributed by atoms with E-state index in [4.69, 9.17) is 5.10 Å². The van der Waals surface area contributed by atoms with Crippen molar-refractivity contribution < 1.29 is 26.4 Å². The van der Waals surface area contributed by atoms with Gasteiger partial charge in [0, 0.05) is 92.2 Å². The van der Waals surface area contributed by atoms with Crippen molar-refractivity contribution >= 4 is 27.7 Å². The number of rotatable bonds is 14. The predicted molar refractivity (Wildman–Crippen MR) is 191 cm³/mol. The lowest BCUT2D eigenvalue weighted by Crippen LogP contribution is -2.45. The maximum atomic E-state index is 14.1. The first-order valence-corrected chi connectivity index (χ1v) is 21.1. The summed E-state index contributed by atoms with van der Waals surface area (Å²) in [6.07, 6.45) is 9.68. The number of likely N-dealkylation sites (tertiary alicyclic amines) is 2. The Morgan fingerprint density at radius 1 is 1.00 bits per heavy atom. The molecule has 1 aromatic carbocycles. The average Bonchev–Trinajstić information content (AvgIpc) is 3.69. The van der Waals surface area contributed by atoms with Crippen LogP contribution in [0.4, 0.5) is 13.2 Å². The van der Waals surface area contributed by atoms with Crippen LogP contribution in [0.15, 0.2) is 34.7 Å². The lowest BCUT2D eigenvalue weighted by Gasteiger charge is -2.36. The summed E-state index contributed by atoms with van der Waals surface area (Å²) in [5.74, 6) is 0.775. The number of carbonyl (C=O) groups excluding carboxylic acids is 1. The SMILES string of the molecule is CS(=O)(=O)N1CCc2c(c(-c3ccc(C(F)(F)F)c(SCCNCCC4=CCCCC4)c3)nn2CCCN2CCC(N3CCCC3=O)CC2)C1. The zero-order valence-electron chi connectivity index (χ0n) is 29.1. The third kappa shape index (κ3) is 9.33. The van der Waals surface area contributed by atoms with E-state index in [2.05, 4.69) is 21.2 Å². The Labute approximate surface area is 299 Å². The summed E-state index contributed by atoms with van der Waals surface area (Å²) in [7, 11) is -3.46. The smallest absolute Gasteiger partial charge is 0.340 e. The molecule has 276 valence electrons. The zero-order valence-corrected chi connectivity index (χ0v) is 30.8. The molecular weight excluding hydrogens is 686 g/mol. The molecule has 50 heavy (non-hydrogen) atoms. The lowest BCUT2D eigenvalue weighted by atomic mass is 9.97. The van der Waals surface area contributed by atoms with E-state index in [1.165, 1.54) is 46.8 Å². The third-order valence-electron chi connectivity index (χ3n) is 10.6. The minimum atomic E-state index is -4.49. The van der Waals surface area contributed by atoms with Crippen LogP contribution in [-0.2, 0) is 40.5 Å². The van der Waals surface area contributed by atoms with Gasteiger partial charge in [0.2, 0.25) is 15.9 Å². The van der Waals surface area contributed by atoms with Crippen LogP contribution < -0.4 is 5.32 Å². The van der Waals surface area contributed by atoms with E-state index in [9.17, 15) is 26.4 Å². The highest BCUT2D eigenvalue weighted by Gasteiger charge is 2.35. The predicted octanol–water partition coefficient (Wildman–Crippen LogP) is 5.94. The maximum Gasteiger partial charge on any atom is 0.417 e. The Balaban J connectivity index is 1.13. The Kier molecular flexibility index (Phi) is 12.3. The second-order valence-corrected chi connectivity index (χ2v) is 17.2. The van der Waals surface area contributed by atoms with Gasteiger partial charge in [-0.2, -0.15) is 22.6 Å². The van der Waals surface area contributed by atoms with Crippen LogP contribution in [0.1, 0.15) is 81.0 Å². The quantitative estimate of drug-likeness (QED) is 0.146. The van der Waals surface area contributed by atoms with Crippen LogP contribution in [0.5, 0.6) is 0 Å². The first kappa shape index (κ1) is 37.4. The molecule has 1 aliphatic carbocycles. The van der Waals surface area contributed by atoms with Crippen molar-refractivity contribution in [3.8, 4) is 11.3 Å². The van der Waals surface area contributed by atoms with Crippen LogP contribution in [0.2, 0.25) is 0 Å². The van der Waals surface area contributed by atoms with Gasteiger partial charge >= 0.3 is 6.18 Å². The van der Waals surface area contributed by atoms with E-state index in [-0.39, 0.29) is 17.3 Å². The number of sulfonamides is 1. The van der Waals surface area contributed by atoms with Gasteiger partial charge in [0.15, 0.2) is 0 Å². The minimum absolute atomic E-state index is 0.149. The summed E-state index contributed by atoms with van der Waals surface area (Å²) >= 11 is 1.19. The van der Waals surface area contributed by atoms with Crippen molar-refractivity contribution in [3.63, 3.8) is 0 Å². The number of amides is 1. The van der Waals surface area contributed by atoms with Gasteiger partial charge in [0.25, 0.3) is 0 Å². The maximum absolute atomic E-state index is 14.1. The number of nitrogens with one attached hydrogen (secondary N) is 1. The van der Waals surface area contributed by atoms with Crippen molar-refractivity contribution in [3.05, 3.63) is 46.7 Å². The molecule has 2 fully saturated rings. The normalized spacial score (nSPS) is 20.0. The molecule has 4 heterocycles. The van der Waals surface area contributed by atoms with E-state index < -0.39 is 21.8 Å². The van der Waals surface area contributed by atoms with E-state index in [0.29, 0.717) is 55.5 Å². The number of aryl methyl sites for hydroxylation is 1. The number of fused-ring (bicyclic) bond motifs is 1.